The normalized spacial score (nSPS) is 17.6. The first-order valence-electron chi connectivity index (χ1n) is 7.61. The van der Waals surface area contributed by atoms with Gasteiger partial charge in [0.05, 0.1) is 5.75 Å². The lowest BCUT2D eigenvalue weighted by Gasteiger charge is -2.21. The average Bonchev–Trinajstić information content (AvgIpc) is 2.83. The van der Waals surface area contributed by atoms with Gasteiger partial charge in [-0.1, -0.05) is 6.92 Å². The van der Waals surface area contributed by atoms with Crippen LogP contribution in [0.15, 0.2) is 0 Å². The number of hydrogen-bond acceptors (Lipinski definition) is 7. The molecule has 0 unspecified atom stereocenters. The number of anilines is 1. The van der Waals surface area contributed by atoms with Crippen LogP contribution in [-0.4, -0.2) is 67.7 Å². The Balaban J connectivity index is 1.94. The number of nitrogens with zero attached hydrogens (tertiary/aromatic N) is 4. The summed E-state index contributed by atoms with van der Waals surface area (Å²) in [6.45, 7) is 5.08. The average molecular weight is 348 g/mol. The van der Waals surface area contributed by atoms with Crippen molar-refractivity contribution in [3.05, 3.63) is 5.82 Å². The van der Waals surface area contributed by atoms with Gasteiger partial charge in [0.1, 0.15) is 5.82 Å². The first-order valence-corrected chi connectivity index (χ1v) is 9.99. The summed E-state index contributed by atoms with van der Waals surface area (Å²) in [5.41, 5.74) is 0. The second kappa shape index (κ2) is 8.19. The van der Waals surface area contributed by atoms with Crippen LogP contribution in [0, 0.1) is 0 Å². The lowest BCUT2D eigenvalue weighted by molar-refractivity contribution is 0.199. The van der Waals surface area contributed by atoms with Crippen molar-refractivity contribution in [2.75, 3.05) is 50.5 Å². The van der Waals surface area contributed by atoms with E-state index < -0.39 is 10.0 Å². The van der Waals surface area contributed by atoms with Gasteiger partial charge in [-0.3, -0.25) is 0 Å². The molecule has 0 bridgehead atoms. The number of sulfonamides is 1. The minimum atomic E-state index is -3.19. The predicted octanol–water partition coefficient (Wildman–Crippen LogP) is 0.979. The van der Waals surface area contributed by atoms with Crippen LogP contribution in [-0.2, 0) is 21.2 Å². The highest BCUT2D eigenvalue weighted by Gasteiger charge is 2.25. The predicted molar refractivity (Wildman–Crippen MR) is 88.0 cm³/mol. The standard InChI is InChI=1S/C13H24N4O3S2/c1-3-12-14-13(21-15-12)16-6-4-7-17(9-8-16)22(18,19)11-5-10-20-2/h3-11H2,1-2H3. The third kappa shape index (κ3) is 4.61. The second-order valence-electron chi connectivity index (χ2n) is 5.25. The van der Waals surface area contributed by atoms with E-state index in [2.05, 4.69) is 14.3 Å². The van der Waals surface area contributed by atoms with Gasteiger partial charge in [-0.25, -0.2) is 17.7 Å². The maximum Gasteiger partial charge on any atom is 0.214 e. The van der Waals surface area contributed by atoms with E-state index in [1.807, 2.05) is 6.92 Å². The SMILES string of the molecule is CCc1nsc(N2CCCN(S(=O)(=O)CCCOC)CC2)n1. The van der Waals surface area contributed by atoms with Gasteiger partial charge in [0.25, 0.3) is 0 Å². The molecule has 0 spiro atoms. The smallest absolute Gasteiger partial charge is 0.214 e. The van der Waals surface area contributed by atoms with Gasteiger partial charge in [0, 0.05) is 57.8 Å². The summed E-state index contributed by atoms with van der Waals surface area (Å²) in [4.78, 5) is 6.63. The highest BCUT2D eigenvalue weighted by Crippen LogP contribution is 2.20. The number of aromatic nitrogens is 2. The minimum absolute atomic E-state index is 0.152. The molecule has 1 fully saturated rings. The Morgan fingerprint density at radius 3 is 2.77 bits per heavy atom. The first-order chi connectivity index (χ1) is 10.6. The third-order valence-corrected chi connectivity index (χ3v) is 6.41. The van der Waals surface area contributed by atoms with Crippen molar-refractivity contribution in [3.8, 4) is 0 Å². The number of methoxy groups -OCH3 is 1. The van der Waals surface area contributed by atoms with Crippen LogP contribution in [0.2, 0.25) is 0 Å². The fraction of sp³-hybridized carbons (Fsp3) is 0.846. The molecule has 0 saturated carbocycles. The molecule has 1 saturated heterocycles. The van der Waals surface area contributed by atoms with E-state index in [1.54, 1.807) is 11.4 Å². The number of ether oxygens (including phenoxy) is 1. The summed E-state index contributed by atoms with van der Waals surface area (Å²) >= 11 is 1.40. The first kappa shape index (κ1) is 17.6. The zero-order chi connectivity index (χ0) is 16.0. The highest BCUT2D eigenvalue weighted by molar-refractivity contribution is 7.89. The Morgan fingerprint density at radius 1 is 1.27 bits per heavy atom. The second-order valence-corrected chi connectivity index (χ2v) is 8.07. The fourth-order valence-electron chi connectivity index (χ4n) is 2.39. The summed E-state index contributed by atoms with van der Waals surface area (Å²) < 4.78 is 35.5. The third-order valence-electron chi connectivity index (χ3n) is 3.64. The molecule has 9 heteroatoms. The van der Waals surface area contributed by atoms with Gasteiger partial charge in [-0.2, -0.15) is 4.37 Å². The summed E-state index contributed by atoms with van der Waals surface area (Å²) in [7, 11) is -1.60. The molecular formula is C13H24N4O3S2. The van der Waals surface area contributed by atoms with Crippen LogP contribution in [0.3, 0.4) is 0 Å². The quantitative estimate of drug-likeness (QED) is 0.684. The lowest BCUT2D eigenvalue weighted by atomic mass is 10.4. The van der Waals surface area contributed by atoms with Crippen molar-refractivity contribution in [3.63, 3.8) is 0 Å². The van der Waals surface area contributed by atoms with Crippen LogP contribution < -0.4 is 4.90 Å². The summed E-state index contributed by atoms with van der Waals surface area (Å²) in [6, 6.07) is 0. The van der Waals surface area contributed by atoms with Gasteiger partial charge in [-0.15, -0.1) is 0 Å². The van der Waals surface area contributed by atoms with Crippen molar-refractivity contribution < 1.29 is 13.2 Å². The summed E-state index contributed by atoms with van der Waals surface area (Å²) in [5, 5.41) is 0.899. The van der Waals surface area contributed by atoms with Gasteiger partial charge < -0.3 is 9.64 Å². The van der Waals surface area contributed by atoms with Crippen molar-refractivity contribution in [1.82, 2.24) is 13.7 Å². The Kier molecular flexibility index (Phi) is 6.54. The molecular weight excluding hydrogens is 324 g/mol. The summed E-state index contributed by atoms with van der Waals surface area (Å²) in [6.07, 6.45) is 2.17. The number of hydrogen-bond donors (Lipinski definition) is 0. The molecule has 126 valence electrons. The van der Waals surface area contributed by atoms with Crippen LogP contribution in [0.25, 0.3) is 0 Å². The van der Waals surface area contributed by atoms with E-state index in [9.17, 15) is 8.42 Å². The van der Waals surface area contributed by atoms with Crippen LogP contribution in [0.4, 0.5) is 5.13 Å². The monoisotopic (exact) mass is 348 g/mol. The van der Waals surface area contributed by atoms with Crippen molar-refractivity contribution in [1.29, 1.82) is 0 Å². The minimum Gasteiger partial charge on any atom is -0.385 e. The Morgan fingerprint density at radius 2 is 2.09 bits per heavy atom. The molecule has 22 heavy (non-hydrogen) atoms. The maximum absolute atomic E-state index is 12.3. The van der Waals surface area contributed by atoms with E-state index in [0.717, 1.165) is 30.3 Å². The van der Waals surface area contributed by atoms with Gasteiger partial charge in [-0.05, 0) is 12.8 Å². The molecule has 0 aliphatic carbocycles. The molecule has 2 rings (SSSR count). The molecule has 0 radical (unpaired) electrons. The Labute approximate surface area is 136 Å². The molecule has 1 aromatic rings. The Bertz CT molecular complexity index is 561. The molecule has 0 N–H and O–H groups in total. The fourth-order valence-corrected chi connectivity index (χ4v) is 4.70. The van der Waals surface area contributed by atoms with E-state index in [4.69, 9.17) is 4.74 Å². The van der Waals surface area contributed by atoms with E-state index >= 15 is 0 Å². The lowest BCUT2D eigenvalue weighted by Crippen LogP contribution is -2.36. The highest BCUT2D eigenvalue weighted by atomic mass is 32.2. The van der Waals surface area contributed by atoms with E-state index in [1.165, 1.54) is 11.5 Å². The van der Waals surface area contributed by atoms with Crippen molar-refractivity contribution in [2.24, 2.45) is 0 Å². The molecule has 1 aliphatic heterocycles. The van der Waals surface area contributed by atoms with Crippen LogP contribution in [0.5, 0.6) is 0 Å². The van der Waals surface area contributed by atoms with Crippen LogP contribution in [0.1, 0.15) is 25.6 Å². The zero-order valence-corrected chi connectivity index (χ0v) is 14.8. The number of rotatable bonds is 7. The van der Waals surface area contributed by atoms with Gasteiger partial charge in [0.15, 0.2) is 0 Å². The molecule has 1 aliphatic rings. The molecule has 1 aromatic heterocycles. The number of aryl methyl sites for hydroxylation is 1. The zero-order valence-electron chi connectivity index (χ0n) is 13.2. The van der Waals surface area contributed by atoms with E-state index in [0.29, 0.717) is 32.7 Å². The summed E-state index contributed by atoms with van der Waals surface area (Å²) in [5.74, 6) is 1.01. The van der Waals surface area contributed by atoms with Gasteiger partial charge >= 0.3 is 0 Å². The van der Waals surface area contributed by atoms with Gasteiger partial charge in [0.2, 0.25) is 15.2 Å². The molecule has 7 nitrogen and oxygen atoms in total. The van der Waals surface area contributed by atoms with Crippen molar-refractivity contribution in [2.45, 2.75) is 26.2 Å². The van der Waals surface area contributed by atoms with Crippen molar-refractivity contribution >= 4 is 26.7 Å². The molecule has 0 atom stereocenters. The topological polar surface area (TPSA) is 75.6 Å². The van der Waals surface area contributed by atoms with Crippen LogP contribution >= 0.6 is 11.5 Å². The molecule has 2 heterocycles. The molecule has 0 amide bonds. The largest absolute Gasteiger partial charge is 0.385 e. The van der Waals surface area contributed by atoms with E-state index in [-0.39, 0.29) is 5.75 Å². The Hall–Kier alpha value is -0.770. The molecule has 0 aromatic carbocycles. The maximum atomic E-state index is 12.3.